The molecule has 3 nitrogen and oxygen atoms in total. The minimum atomic E-state index is -0.541. The van der Waals surface area contributed by atoms with Crippen LogP contribution >= 0.6 is 11.6 Å². The lowest BCUT2D eigenvalue weighted by Gasteiger charge is -2.18. The number of hydrogen-bond acceptors (Lipinski definition) is 2. The molecule has 2 aromatic carbocycles. The van der Waals surface area contributed by atoms with Gasteiger partial charge >= 0.3 is 0 Å². The summed E-state index contributed by atoms with van der Waals surface area (Å²) in [4.78, 5) is 12.5. The summed E-state index contributed by atoms with van der Waals surface area (Å²) in [5, 5.41) is 3.53. The fourth-order valence-corrected chi connectivity index (χ4v) is 2.42. The van der Waals surface area contributed by atoms with Crippen molar-refractivity contribution in [2.75, 3.05) is 5.32 Å². The maximum Gasteiger partial charge on any atom is 0.265 e. The van der Waals surface area contributed by atoms with E-state index in [9.17, 15) is 4.79 Å². The van der Waals surface area contributed by atoms with E-state index in [1.54, 1.807) is 6.07 Å². The van der Waals surface area contributed by atoms with Crippen LogP contribution in [0.2, 0.25) is 5.02 Å². The smallest absolute Gasteiger partial charge is 0.265 e. The number of carbonyl (C=O) groups is 1. The fraction of sp³-hybridized carbons (Fsp3) is 0.316. The molecular weight excluding hydrogens is 310 g/mol. The normalized spacial score (nSPS) is 11.8. The van der Waals surface area contributed by atoms with Crippen LogP contribution in [0, 0.1) is 6.92 Å². The van der Waals surface area contributed by atoms with E-state index in [0.717, 1.165) is 12.0 Å². The van der Waals surface area contributed by atoms with Gasteiger partial charge in [0.2, 0.25) is 0 Å². The minimum Gasteiger partial charge on any atom is -0.481 e. The number of anilines is 1. The molecule has 0 bridgehead atoms. The van der Waals surface area contributed by atoms with E-state index in [0.29, 0.717) is 22.9 Å². The molecule has 1 N–H and O–H groups in total. The van der Waals surface area contributed by atoms with Crippen molar-refractivity contribution < 1.29 is 9.53 Å². The number of benzene rings is 2. The Labute approximate surface area is 142 Å². The van der Waals surface area contributed by atoms with Gasteiger partial charge in [0.1, 0.15) is 5.75 Å². The molecule has 23 heavy (non-hydrogen) atoms. The Bertz CT molecular complexity index is 668. The van der Waals surface area contributed by atoms with Gasteiger partial charge in [-0.05, 0) is 55.2 Å². The highest BCUT2D eigenvalue weighted by molar-refractivity contribution is 6.31. The van der Waals surface area contributed by atoms with Crippen LogP contribution in [0.5, 0.6) is 5.75 Å². The summed E-state index contributed by atoms with van der Waals surface area (Å²) in [7, 11) is 0. The number of nitrogens with one attached hydrogen (secondary N) is 1. The standard InChI is InChI=1S/C19H22ClNO2/c1-4-14-9-11-15(12-10-14)23-18(5-2)19(22)21-17-8-6-7-16(20)13(17)3/h6-12,18H,4-5H2,1-3H3,(H,21,22)/t18-/m0/s1. The molecule has 2 rings (SSSR count). The number of hydrogen-bond donors (Lipinski definition) is 1. The van der Waals surface area contributed by atoms with Crippen LogP contribution in [0.4, 0.5) is 5.69 Å². The predicted octanol–water partition coefficient (Wildman–Crippen LogP) is 5.01. The summed E-state index contributed by atoms with van der Waals surface area (Å²) in [5.41, 5.74) is 2.81. The molecule has 0 radical (unpaired) electrons. The Balaban J connectivity index is 2.07. The van der Waals surface area contributed by atoms with Gasteiger partial charge < -0.3 is 10.1 Å². The summed E-state index contributed by atoms with van der Waals surface area (Å²) >= 11 is 6.09. The molecule has 122 valence electrons. The maximum atomic E-state index is 12.5. The van der Waals surface area contributed by atoms with Gasteiger partial charge in [-0.15, -0.1) is 0 Å². The van der Waals surface area contributed by atoms with Crippen LogP contribution in [-0.4, -0.2) is 12.0 Å². The largest absolute Gasteiger partial charge is 0.481 e. The first-order valence-corrected chi connectivity index (χ1v) is 8.24. The molecule has 4 heteroatoms. The van der Waals surface area contributed by atoms with E-state index in [4.69, 9.17) is 16.3 Å². The second kappa shape index (κ2) is 8.02. The molecule has 0 aliphatic carbocycles. The molecule has 0 aliphatic heterocycles. The summed E-state index contributed by atoms with van der Waals surface area (Å²) in [6.45, 7) is 5.91. The first-order chi connectivity index (χ1) is 11.0. The molecule has 1 atom stereocenters. The van der Waals surface area contributed by atoms with Crippen molar-refractivity contribution in [3.63, 3.8) is 0 Å². The minimum absolute atomic E-state index is 0.169. The monoisotopic (exact) mass is 331 g/mol. The lowest BCUT2D eigenvalue weighted by Crippen LogP contribution is -2.32. The van der Waals surface area contributed by atoms with E-state index in [-0.39, 0.29) is 5.91 Å². The Morgan fingerprint density at radius 2 is 1.87 bits per heavy atom. The van der Waals surface area contributed by atoms with E-state index in [2.05, 4.69) is 12.2 Å². The van der Waals surface area contributed by atoms with Crippen molar-refractivity contribution in [2.24, 2.45) is 0 Å². The van der Waals surface area contributed by atoms with Gasteiger partial charge in [-0.2, -0.15) is 0 Å². The zero-order valence-electron chi connectivity index (χ0n) is 13.7. The van der Waals surface area contributed by atoms with Gasteiger partial charge in [0, 0.05) is 10.7 Å². The van der Waals surface area contributed by atoms with Crippen molar-refractivity contribution >= 4 is 23.2 Å². The number of amides is 1. The van der Waals surface area contributed by atoms with Gasteiger partial charge in [0.15, 0.2) is 6.10 Å². The second-order valence-corrected chi connectivity index (χ2v) is 5.82. The third-order valence-electron chi connectivity index (χ3n) is 3.80. The van der Waals surface area contributed by atoms with E-state index in [1.165, 1.54) is 5.56 Å². The molecule has 0 aliphatic rings. The van der Waals surface area contributed by atoms with Crippen molar-refractivity contribution in [3.05, 3.63) is 58.6 Å². The van der Waals surface area contributed by atoms with Crippen LogP contribution in [0.3, 0.4) is 0 Å². The summed E-state index contributed by atoms with van der Waals surface area (Å²) in [6, 6.07) is 13.3. The molecular formula is C19H22ClNO2. The molecule has 2 aromatic rings. The van der Waals surface area contributed by atoms with E-state index < -0.39 is 6.10 Å². The topological polar surface area (TPSA) is 38.3 Å². The van der Waals surface area contributed by atoms with Crippen LogP contribution in [0.15, 0.2) is 42.5 Å². The van der Waals surface area contributed by atoms with Crippen molar-refractivity contribution in [1.82, 2.24) is 0 Å². The van der Waals surface area contributed by atoms with Crippen LogP contribution in [-0.2, 0) is 11.2 Å². The first-order valence-electron chi connectivity index (χ1n) is 7.86. The fourth-order valence-electron chi connectivity index (χ4n) is 2.25. The average Bonchev–Trinajstić information content (AvgIpc) is 2.57. The lowest BCUT2D eigenvalue weighted by molar-refractivity contribution is -0.122. The molecule has 0 aromatic heterocycles. The van der Waals surface area contributed by atoms with Crippen molar-refractivity contribution in [1.29, 1.82) is 0 Å². The van der Waals surface area contributed by atoms with Crippen LogP contribution in [0.1, 0.15) is 31.4 Å². The zero-order chi connectivity index (χ0) is 16.8. The molecule has 0 saturated heterocycles. The Morgan fingerprint density at radius 3 is 2.48 bits per heavy atom. The molecule has 0 spiro atoms. The maximum absolute atomic E-state index is 12.5. The second-order valence-electron chi connectivity index (χ2n) is 5.41. The van der Waals surface area contributed by atoms with E-state index in [1.807, 2.05) is 50.2 Å². The quantitative estimate of drug-likeness (QED) is 0.808. The SMILES string of the molecule is CCc1ccc(O[C@@H](CC)C(=O)Nc2cccc(Cl)c2C)cc1. The predicted molar refractivity (Wildman–Crippen MR) is 95.3 cm³/mol. The highest BCUT2D eigenvalue weighted by Crippen LogP contribution is 2.23. The summed E-state index contributed by atoms with van der Waals surface area (Å²) < 4.78 is 5.82. The number of rotatable bonds is 6. The third-order valence-corrected chi connectivity index (χ3v) is 4.21. The average molecular weight is 332 g/mol. The number of ether oxygens (including phenoxy) is 1. The summed E-state index contributed by atoms with van der Waals surface area (Å²) in [5.74, 6) is 0.532. The molecule has 0 fully saturated rings. The van der Waals surface area contributed by atoms with Crippen molar-refractivity contribution in [2.45, 2.75) is 39.7 Å². The number of halogens is 1. The Kier molecular flexibility index (Phi) is 6.05. The van der Waals surface area contributed by atoms with Gasteiger partial charge in [0.05, 0.1) is 0 Å². The van der Waals surface area contributed by atoms with Gasteiger partial charge in [-0.25, -0.2) is 0 Å². The first kappa shape index (κ1) is 17.4. The molecule has 1 amide bonds. The van der Waals surface area contributed by atoms with Crippen molar-refractivity contribution in [3.8, 4) is 5.75 Å². The third kappa shape index (κ3) is 4.49. The summed E-state index contributed by atoms with van der Waals surface area (Å²) in [6.07, 6.45) is 1.02. The van der Waals surface area contributed by atoms with Gasteiger partial charge in [-0.3, -0.25) is 4.79 Å². The van der Waals surface area contributed by atoms with Gasteiger partial charge in [0.25, 0.3) is 5.91 Å². The van der Waals surface area contributed by atoms with E-state index >= 15 is 0 Å². The van der Waals surface area contributed by atoms with Crippen LogP contribution < -0.4 is 10.1 Å². The number of aryl methyl sites for hydroxylation is 1. The number of carbonyl (C=O) groups excluding carboxylic acids is 1. The zero-order valence-corrected chi connectivity index (χ0v) is 14.5. The molecule has 0 saturated carbocycles. The highest BCUT2D eigenvalue weighted by Gasteiger charge is 2.19. The molecule has 0 unspecified atom stereocenters. The van der Waals surface area contributed by atoms with Crippen LogP contribution in [0.25, 0.3) is 0 Å². The highest BCUT2D eigenvalue weighted by atomic mass is 35.5. The Hall–Kier alpha value is -2.00. The Morgan fingerprint density at radius 1 is 1.17 bits per heavy atom. The molecule has 0 heterocycles. The lowest BCUT2D eigenvalue weighted by atomic mass is 10.1. The van der Waals surface area contributed by atoms with Gasteiger partial charge in [-0.1, -0.05) is 43.6 Å².